The van der Waals surface area contributed by atoms with Gasteiger partial charge in [-0.25, -0.2) is 4.79 Å². The molecule has 9 heteroatoms. The van der Waals surface area contributed by atoms with Crippen LogP contribution in [0.15, 0.2) is 63.7 Å². The third-order valence-electron chi connectivity index (χ3n) is 5.24. The second-order valence-corrected chi connectivity index (χ2v) is 6.93. The van der Waals surface area contributed by atoms with Crippen LogP contribution in [-0.4, -0.2) is 30.1 Å². The summed E-state index contributed by atoms with van der Waals surface area (Å²) in [5, 5.41) is 9.59. The molecule has 0 aliphatic carbocycles. The smallest absolute Gasteiger partial charge is 0.341 e. The van der Waals surface area contributed by atoms with E-state index >= 15 is 0 Å². The molecular weight excluding hydrogens is 404 g/mol. The fourth-order valence-corrected chi connectivity index (χ4v) is 4.09. The van der Waals surface area contributed by atoms with Gasteiger partial charge in [0.2, 0.25) is 17.1 Å². The first kappa shape index (κ1) is 20.4. The van der Waals surface area contributed by atoms with Crippen LogP contribution >= 0.6 is 0 Å². The third-order valence-corrected chi connectivity index (χ3v) is 5.24. The summed E-state index contributed by atoms with van der Waals surface area (Å²) >= 11 is 0. The zero-order valence-electron chi connectivity index (χ0n) is 16.7. The maximum atomic E-state index is 14.0. The Hall–Kier alpha value is -3.85. The summed E-state index contributed by atoms with van der Waals surface area (Å²) in [4.78, 5) is 41.1. The molecule has 160 valence electrons. The van der Waals surface area contributed by atoms with Gasteiger partial charge in [0.25, 0.3) is 5.91 Å². The number of carbonyl (C=O) groups excluding carboxylic acids is 2. The number of amides is 1. The number of aliphatic hydroxyl groups is 1. The summed E-state index contributed by atoms with van der Waals surface area (Å²) in [6, 6.07) is 7.81. The number of nitrogens with zero attached hydrogens (tertiary/aromatic N) is 1. The van der Waals surface area contributed by atoms with Crippen LogP contribution < -0.4 is 20.8 Å². The Bertz CT molecular complexity index is 1200. The Morgan fingerprint density at radius 2 is 2.10 bits per heavy atom. The van der Waals surface area contributed by atoms with Crippen LogP contribution in [0.25, 0.3) is 0 Å². The SMILES string of the molecule is C=CCN1C(=O)[C@@]2(C(C(=O)OCC)=C(N)Oc3c2oc(CO)cc3=O)c2ccccc21. The van der Waals surface area contributed by atoms with E-state index in [1.54, 1.807) is 31.2 Å². The lowest BCUT2D eigenvalue weighted by Crippen LogP contribution is -2.49. The van der Waals surface area contributed by atoms with Gasteiger partial charge >= 0.3 is 5.97 Å². The number of para-hydroxylation sites is 1. The fraction of sp³-hybridized carbons (Fsp3) is 0.227. The average molecular weight is 424 g/mol. The molecule has 4 rings (SSSR count). The third kappa shape index (κ3) is 2.70. The van der Waals surface area contributed by atoms with E-state index in [1.165, 1.54) is 11.0 Å². The maximum absolute atomic E-state index is 14.0. The van der Waals surface area contributed by atoms with Crippen molar-refractivity contribution in [2.75, 3.05) is 18.1 Å². The van der Waals surface area contributed by atoms with Crippen molar-refractivity contribution < 1.29 is 28.6 Å². The van der Waals surface area contributed by atoms with E-state index in [0.29, 0.717) is 11.3 Å². The van der Waals surface area contributed by atoms with Crippen molar-refractivity contribution >= 4 is 17.6 Å². The summed E-state index contributed by atoms with van der Waals surface area (Å²) in [5.41, 5.74) is 4.10. The number of fused-ring (bicyclic) bond motifs is 4. The number of ether oxygens (including phenoxy) is 2. The molecule has 1 aromatic carbocycles. The van der Waals surface area contributed by atoms with Crippen molar-refractivity contribution in [1.29, 1.82) is 0 Å². The van der Waals surface area contributed by atoms with Crippen LogP contribution in [-0.2, 0) is 26.3 Å². The van der Waals surface area contributed by atoms with Gasteiger partial charge in [0.1, 0.15) is 17.9 Å². The summed E-state index contributed by atoms with van der Waals surface area (Å²) in [5.74, 6) is -2.55. The minimum absolute atomic E-state index is 0.0192. The molecule has 31 heavy (non-hydrogen) atoms. The molecule has 1 spiro atoms. The van der Waals surface area contributed by atoms with Crippen LogP contribution in [0.3, 0.4) is 0 Å². The van der Waals surface area contributed by atoms with Gasteiger partial charge in [-0.1, -0.05) is 24.3 Å². The van der Waals surface area contributed by atoms with Crippen LogP contribution in [0.1, 0.15) is 24.0 Å². The number of hydrogen-bond acceptors (Lipinski definition) is 8. The minimum Gasteiger partial charge on any atom is -0.462 e. The lowest BCUT2D eigenvalue weighted by Gasteiger charge is -2.34. The second-order valence-electron chi connectivity index (χ2n) is 6.93. The Labute approximate surface area is 177 Å². The number of carbonyl (C=O) groups is 2. The molecule has 1 aromatic heterocycles. The monoisotopic (exact) mass is 424 g/mol. The quantitative estimate of drug-likeness (QED) is 0.538. The first-order chi connectivity index (χ1) is 14.9. The van der Waals surface area contributed by atoms with Crippen LogP contribution in [0.5, 0.6) is 5.75 Å². The highest BCUT2D eigenvalue weighted by Crippen LogP contribution is 2.55. The number of anilines is 1. The van der Waals surface area contributed by atoms with Gasteiger partial charge in [0, 0.05) is 23.9 Å². The van der Waals surface area contributed by atoms with Gasteiger partial charge in [-0.2, -0.15) is 0 Å². The van der Waals surface area contributed by atoms with E-state index in [4.69, 9.17) is 19.6 Å². The number of benzene rings is 1. The number of rotatable bonds is 5. The van der Waals surface area contributed by atoms with E-state index in [9.17, 15) is 19.5 Å². The Kier molecular flexibility index (Phi) is 4.90. The van der Waals surface area contributed by atoms with Crippen molar-refractivity contribution in [3.63, 3.8) is 0 Å². The minimum atomic E-state index is -1.92. The Morgan fingerprint density at radius 1 is 1.35 bits per heavy atom. The molecule has 0 saturated heterocycles. The molecule has 0 fully saturated rings. The lowest BCUT2D eigenvalue weighted by molar-refractivity contribution is -0.141. The van der Waals surface area contributed by atoms with Gasteiger partial charge in [-0.3, -0.25) is 9.59 Å². The molecule has 0 saturated carbocycles. The predicted octanol–water partition coefficient (Wildman–Crippen LogP) is 1.08. The number of hydrogen-bond donors (Lipinski definition) is 2. The zero-order chi connectivity index (χ0) is 22.3. The fourth-order valence-electron chi connectivity index (χ4n) is 4.09. The van der Waals surface area contributed by atoms with E-state index in [1.807, 2.05) is 0 Å². The van der Waals surface area contributed by atoms with Crippen LogP contribution in [0, 0.1) is 0 Å². The normalized spacial score (nSPS) is 19.2. The number of esters is 1. The molecule has 3 heterocycles. The molecular formula is C22H20N2O7. The van der Waals surface area contributed by atoms with Gasteiger partial charge in [0.05, 0.1) is 6.61 Å². The maximum Gasteiger partial charge on any atom is 0.341 e. The molecule has 2 aromatic rings. The molecule has 0 radical (unpaired) electrons. The first-order valence-corrected chi connectivity index (χ1v) is 9.57. The summed E-state index contributed by atoms with van der Waals surface area (Å²) in [6.07, 6.45) is 1.53. The van der Waals surface area contributed by atoms with E-state index in [-0.39, 0.29) is 36.0 Å². The van der Waals surface area contributed by atoms with Crippen molar-refractivity contribution in [3.05, 3.63) is 81.8 Å². The van der Waals surface area contributed by atoms with E-state index < -0.39 is 35.2 Å². The molecule has 3 N–H and O–H groups in total. The number of aliphatic hydroxyl groups excluding tert-OH is 1. The molecule has 2 aliphatic rings. The second kappa shape index (κ2) is 7.44. The molecule has 9 nitrogen and oxygen atoms in total. The largest absolute Gasteiger partial charge is 0.462 e. The molecule has 0 unspecified atom stereocenters. The van der Waals surface area contributed by atoms with Crippen molar-refractivity contribution in [3.8, 4) is 5.75 Å². The van der Waals surface area contributed by atoms with Crippen LogP contribution in [0.4, 0.5) is 5.69 Å². The molecule has 1 amide bonds. The topological polar surface area (TPSA) is 132 Å². The van der Waals surface area contributed by atoms with E-state index in [0.717, 1.165) is 6.07 Å². The zero-order valence-corrected chi connectivity index (χ0v) is 16.7. The predicted molar refractivity (Wildman–Crippen MR) is 109 cm³/mol. The van der Waals surface area contributed by atoms with Gasteiger partial charge in [-0.15, -0.1) is 6.58 Å². The summed E-state index contributed by atoms with van der Waals surface area (Å²) in [7, 11) is 0. The van der Waals surface area contributed by atoms with E-state index in [2.05, 4.69) is 6.58 Å². The number of nitrogens with two attached hydrogens (primary N) is 1. The van der Waals surface area contributed by atoms with Gasteiger partial charge < -0.3 is 29.6 Å². The summed E-state index contributed by atoms with van der Waals surface area (Å²) in [6.45, 7) is 4.86. The van der Waals surface area contributed by atoms with Gasteiger partial charge in [-0.05, 0) is 13.0 Å². The highest BCUT2D eigenvalue weighted by molar-refractivity contribution is 6.18. The molecule has 2 aliphatic heterocycles. The Balaban J connectivity index is 2.16. The van der Waals surface area contributed by atoms with Gasteiger partial charge in [0.15, 0.2) is 11.2 Å². The van der Waals surface area contributed by atoms with Crippen LogP contribution in [0.2, 0.25) is 0 Å². The Morgan fingerprint density at radius 3 is 2.77 bits per heavy atom. The summed E-state index contributed by atoms with van der Waals surface area (Å²) < 4.78 is 16.4. The standard InChI is InChI=1S/C22H20N2O7/c1-3-9-24-14-8-6-5-7-13(14)22(21(24)28)16(20(27)29-4-2)19(23)31-17-15(26)10-12(11-25)30-18(17)22/h3,5-8,10,25H,1,4,9,11,23H2,2H3/t22-/m1/s1. The highest BCUT2D eigenvalue weighted by atomic mass is 16.5. The lowest BCUT2D eigenvalue weighted by atomic mass is 9.71. The van der Waals surface area contributed by atoms with Crippen molar-refractivity contribution in [2.24, 2.45) is 5.73 Å². The highest BCUT2D eigenvalue weighted by Gasteiger charge is 2.63. The molecule has 1 atom stereocenters. The first-order valence-electron chi connectivity index (χ1n) is 9.57. The van der Waals surface area contributed by atoms with Crippen molar-refractivity contribution in [1.82, 2.24) is 0 Å². The average Bonchev–Trinajstić information content (AvgIpc) is 2.99. The van der Waals surface area contributed by atoms with Crippen molar-refractivity contribution in [2.45, 2.75) is 18.9 Å². The molecule has 0 bridgehead atoms.